The van der Waals surface area contributed by atoms with Crippen molar-refractivity contribution >= 4 is 12.0 Å². The highest BCUT2D eigenvalue weighted by atomic mass is 16.1. The van der Waals surface area contributed by atoms with Crippen LogP contribution in [0.3, 0.4) is 0 Å². The second kappa shape index (κ2) is 6.82. The van der Waals surface area contributed by atoms with Crippen molar-refractivity contribution < 1.29 is 9.69 Å². The second-order valence-electron chi connectivity index (χ2n) is 7.09. The molecule has 1 saturated carbocycles. The Hall–Kier alpha value is -1.35. The van der Waals surface area contributed by atoms with Gasteiger partial charge in [0, 0.05) is 11.3 Å². The molecule has 0 radical (unpaired) electrons. The molecule has 0 unspecified atom stereocenters. The molecule has 2 aliphatic rings. The summed E-state index contributed by atoms with van der Waals surface area (Å²) in [5, 5.41) is 0. The first-order valence-corrected chi connectivity index (χ1v) is 8.85. The molecule has 1 aromatic carbocycles. The first-order valence-electron chi connectivity index (χ1n) is 8.85. The van der Waals surface area contributed by atoms with Gasteiger partial charge in [-0.2, -0.15) is 0 Å². The number of nitrogens with one attached hydrogen (secondary N) is 1. The van der Waals surface area contributed by atoms with E-state index in [2.05, 4.69) is 17.9 Å². The van der Waals surface area contributed by atoms with Crippen molar-refractivity contribution in [1.29, 1.82) is 0 Å². The molecule has 3 rings (SSSR count). The zero-order chi connectivity index (χ0) is 15.5. The molecule has 0 amide bonds. The van der Waals surface area contributed by atoms with Crippen LogP contribution in [0.15, 0.2) is 12.1 Å². The molecule has 1 saturated heterocycles. The molecular weight excluding hydrogens is 272 g/mol. The monoisotopic (exact) mass is 301 g/mol. The molecule has 3 heteroatoms. The van der Waals surface area contributed by atoms with Gasteiger partial charge in [-0.1, -0.05) is 6.42 Å². The second-order valence-corrected chi connectivity index (χ2v) is 7.09. The largest absolute Gasteiger partial charge is 0.360 e. The van der Waals surface area contributed by atoms with Gasteiger partial charge in [-0.25, -0.2) is 0 Å². The van der Waals surface area contributed by atoms with Gasteiger partial charge in [0.05, 0.1) is 32.2 Å². The fourth-order valence-corrected chi connectivity index (χ4v) is 4.24. The molecular formula is C19H29N2O+. The van der Waals surface area contributed by atoms with Crippen molar-refractivity contribution in [1.82, 2.24) is 0 Å². The van der Waals surface area contributed by atoms with E-state index in [1.165, 1.54) is 56.4 Å². The normalized spacial score (nSPS) is 21.1. The molecule has 1 heterocycles. The topological polar surface area (TPSA) is 24.8 Å². The van der Waals surface area contributed by atoms with Crippen LogP contribution >= 0.6 is 0 Å². The minimum atomic E-state index is 0.827. The summed E-state index contributed by atoms with van der Waals surface area (Å²) in [5.74, 6) is 0. The molecule has 2 fully saturated rings. The lowest BCUT2D eigenvalue weighted by atomic mass is 9.93. The third-order valence-electron chi connectivity index (χ3n) is 5.64. The standard InChI is InChI=1S/C19H28N2O/c1-15-13-19(16(2)12-17(15)14-22)21-10-8-20(9-11-21)18-6-4-3-5-7-18/h12-14,18H,3-11H2,1-2H3/p+1. The SMILES string of the molecule is Cc1cc(N2CC[NH+](C3CCCCC3)CC2)c(C)cc1C=O. The lowest BCUT2D eigenvalue weighted by Gasteiger charge is -2.39. The van der Waals surface area contributed by atoms with Gasteiger partial charge >= 0.3 is 0 Å². The molecule has 0 atom stereocenters. The summed E-state index contributed by atoms with van der Waals surface area (Å²) in [7, 11) is 0. The van der Waals surface area contributed by atoms with Gasteiger partial charge in [-0.3, -0.25) is 4.79 Å². The maximum absolute atomic E-state index is 11.1. The molecule has 1 aliphatic carbocycles. The van der Waals surface area contributed by atoms with E-state index in [4.69, 9.17) is 0 Å². The van der Waals surface area contributed by atoms with E-state index in [-0.39, 0.29) is 0 Å². The molecule has 1 N–H and O–H groups in total. The fraction of sp³-hybridized carbons (Fsp3) is 0.632. The molecule has 0 bridgehead atoms. The zero-order valence-electron chi connectivity index (χ0n) is 14.0. The first-order chi connectivity index (χ1) is 10.7. The van der Waals surface area contributed by atoms with E-state index in [1.54, 1.807) is 0 Å². The summed E-state index contributed by atoms with van der Waals surface area (Å²) in [6.45, 7) is 8.98. The number of piperazine rings is 1. The number of carbonyl (C=O) groups excluding carboxylic acids is 1. The Labute approximate surface area is 134 Å². The number of aryl methyl sites for hydroxylation is 2. The van der Waals surface area contributed by atoms with Crippen LogP contribution in [0.4, 0.5) is 5.69 Å². The van der Waals surface area contributed by atoms with Crippen molar-refractivity contribution in [3.8, 4) is 0 Å². The average Bonchev–Trinajstić information content (AvgIpc) is 2.57. The summed E-state index contributed by atoms with van der Waals surface area (Å²) in [6.07, 6.45) is 8.14. The molecule has 0 aromatic heterocycles. The minimum Gasteiger partial charge on any atom is -0.360 e. The van der Waals surface area contributed by atoms with Crippen LogP contribution in [0.2, 0.25) is 0 Å². The lowest BCUT2D eigenvalue weighted by molar-refractivity contribution is -0.927. The predicted octanol–water partition coefficient (Wildman–Crippen LogP) is 2.15. The molecule has 3 nitrogen and oxygen atoms in total. The number of carbonyl (C=O) groups is 1. The van der Waals surface area contributed by atoms with E-state index < -0.39 is 0 Å². The number of hydrogen-bond donors (Lipinski definition) is 1. The van der Waals surface area contributed by atoms with Crippen molar-refractivity contribution in [2.24, 2.45) is 0 Å². The summed E-state index contributed by atoms with van der Waals surface area (Å²) >= 11 is 0. The number of nitrogens with zero attached hydrogens (tertiary/aromatic N) is 1. The number of quaternary nitrogens is 1. The molecule has 22 heavy (non-hydrogen) atoms. The third-order valence-corrected chi connectivity index (χ3v) is 5.64. The highest BCUT2D eigenvalue weighted by Gasteiger charge is 2.28. The van der Waals surface area contributed by atoms with Crippen LogP contribution < -0.4 is 9.80 Å². The summed E-state index contributed by atoms with van der Waals surface area (Å²) in [4.78, 5) is 15.4. The summed E-state index contributed by atoms with van der Waals surface area (Å²) in [5.41, 5.74) is 4.48. The number of rotatable bonds is 3. The Balaban J connectivity index is 1.66. The molecule has 1 aliphatic heterocycles. The van der Waals surface area contributed by atoms with E-state index >= 15 is 0 Å². The van der Waals surface area contributed by atoms with Gasteiger partial charge in [-0.05, 0) is 62.8 Å². The Morgan fingerprint density at radius 3 is 2.36 bits per heavy atom. The predicted molar refractivity (Wildman–Crippen MR) is 91.1 cm³/mol. The van der Waals surface area contributed by atoms with E-state index in [1.807, 2.05) is 17.9 Å². The van der Waals surface area contributed by atoms with Crippen LogP contribution in [0.1, 0.15) is 53.6 Å². The summed E-state index contributed by atoms with van der Waals surface area (Å²) < 4.78 is 0. The molecule has 1 aromatic rings. The highest BCUT2D eigenvalue weighted by molar-refractivity contribution is 5.79. The van der Waals surface area contributed by atoms with Crippen LogP contribution in [0.25, 0.3) is 0 Å². The minimum absolute atomic E-state index is 0.827. The number of aldehydes is 1. The van der Waals surface area contributed by atoms with E-state index in [0.717, 1.165) is 36.5 Å². The highest BCUT2D eigenvalue weighted by Crippen LogP contribution is 2.24. The van der Waals surface area contributed by atoms with Gasteiger partial charge < -0.3 is 9.80 Å². The molecule has 120 valence electrons. The van der Waals surface area contributed by atoms with Gasteiger partial charge in [0.25, 0.3) is 0 Å². The third kappa shape index (κ3) is 3.19. The summed E-state index contributed by atoms with van der Waals surface area (Å²) in [6, 6.07) is 5.15. The van der Waals surface area contributed by atoms with Crippen LogP contribution in [-0.2, 0) is 0 Å². The Morgan fingerprint density at radius 1 is 1.05 bits per heavy atom. The van der Waals surface area contributed by atoms with E-state index in [0.29, 0.717) is 0 Å². The maximum atomic E-state index is 11.1. The van der Waals surface area contributed by atoms with Crippen molar-refractivity contribution in [2.45, 2.75) is 52.0 Å². The quantitative estimate of drug-likeness (QED) is 0.865. The Kier molecular flexibility index (Phi) is 4.82. The maximum Gasteiger partial charge on any atom is 0.150 e. The van der Waals surface area contributed by atoms with Crippen molar-refractivity contribution in [3.63, 3.8) is 0 Å². The number of benzene rings is 1. The molecule has 0 spiro atoms. The Bertz CT molecular complexity index is 526. The first kappa shape index (κ1) is 15.5. The van der Waals surface area contributed by atoms with Crippen LogP contribution in [0.5, 0.6) is 0 Å². The van der Waals surface area contributed by atoms with Gasteiger partial charge in [0.15, 0.2) is 0 Å². The Morgan fingerprint density at radius 2 is 1.73 bits per heavy atom. The van der Waals surface area contributed by atoms with Gasteiger partial charge in [0.1, 0.15) is 6.29 Å². The number of anilines is 1. The zero-order valence-corrected chi connectivity index (χ0v) is 14.0. The number of hydrogen-bond acceptors (Lipinski definition) is 2. The van der Waals surface area contributed by atoms with Crippen LogP contribution in [-0.4, -0.2) is 38.5 Å². The average molecular weight is 301 g/mol. The van der Waals surface area contributed by atoms with Crippen LogP contribution in [0, 0.1) is 13.8 Å². The van der Waals surface area contributed by atoms with Crippen molar-refractivity contribution in [3.05, 3.63) is 28.8 Å². The fourth-order valence-electron chi connectivity index (χ4n) is 4.24. The van der Waals surface area contributed by atoms with Gasteiger partial charge in [-0.15, -0.1) is 0 Å². The smallest absolute Gasteiger partial charge is 0.150 e. The van der Waals surface area contributed by atoms with Crippen molar-refractivity contribution in [2.75, 3.05) is 31.1 Å². The lowest BCUT2D eigenvalue weighted by Crippen LogP contribution is -3.18. The van der Waals surface area contributed by atoms with Gasteiger partial charge in [0.2, 0.25) is 0 Å². The van der Waals surface area contributed by atoms with E-state index in [9.17, 15) is 4.79 Å².